The molecular formula is C28H38O3Si. The topological polar surface area (TPSA) is 27.7 Å². The normalized spacial score (nSPS) is 24.5. The Morgan fingerprint density at radius 3 is 1.94 bits per heavy atom. The number of ether oxygens (including phenoxy) is 2. The van der Waals surface area contributed by atoms with Crippen LogP contribution < -0.4 is 10.4 Å². The van der Waals surface area contributed by atoms with Gasteiger partial charge in [-0.3, -0.25) is 0 Å². The quantitative estimate of drug-likeness (QED) is 0.458. The Bertz CT molecular complexity index is 872. The van der Waals surface area contributed by atoms with Gasteiger partial charge in [-0.25, -0.2) is 0 Å². The molecule has 1 aliphatic heterocycles. The minimum absolute atomic E-state index is 0.00328. The van der Waals surface area contributed by atoms with E-state index in [2.05, 4.69) is 94.3 Å². The molecule has 2 aromatic carbocycles. The van der Waals surface area contributed by atoms with E-state index in [1.165, 1.54) is 10.4 Å². The molecule has 1 heterocycles. The molecule has 3 nitrogen and oxygen atoms in total. The van der Waals surface area contributed by atoms with E-state index in [0.717, 1.165) is 0 Å². The summed E-state index contributed by atoms with van der Waals surface area (Å²) in [5, 5.41) is 2.46. The van der Waals surface area contributed by atoms with Crippen LogP contribution in [-0.2, 0) is 13.9 Å². The Hall–Kier alpha value is -1.90. The summed E-state index contributed by atoms with van der Waals surface area (Å²) >= 11 is 0. The van der Waals surface area contributed by atoms with E-state index in [-0.39, 0.29) is 29.1 Å². The van der Waals surface area contributed by atoms with Crippen molar-refractivity contribution in [2.75, 3.05) is 6.61 Å². The first-order valence-corrected chi connectivity index (χ1v) is 13.5. The summed E-state index contributed by atoms with van der Waals surface area (Å²) in [5.74, 6) is 2.27. The number of hydrogen-bond donors (Lipinski definition) is 0. The first kappa shape index (κ1) is 24.7. The van der Waals surface area contributed by atoms with E-state index in [1.54, 1.807) is 0 Å². The largest absolute Gasteiger partial charge is 0.405 e. The molecule has 0 unspecified atom stereocenters. The highest BCUT2D eigenvalue weighted by atomic mass is 28.4. The highest BCUT2D eigenvalue weighted by molar-refractivity contribution is 6.99. The van der Waals surface area contributed by atoms with Gasteiger partial charge in [-0.15, -0.1) is 12.3 Å². The Morgan fingerprint density at radius 2 is 1.50 bits per heavy atom. The van der Waals surface area contributed by atoms with Gasteiger partial charge in [-0.05, 0) is 36.2 Å². The van der Waals surface area contributed by atoms with Crippen molar-refractivity contribution in [1.82, 2.24) is 0 Å². The third-order valence-corrected chi connectivity index (χ3v) is 11.6. The maximum absolute atomic E-state index is 7.14. The number of benzene rings is 2. The van der Waals surface area contributed by atoms with Crippen LogP contribution in [0, 0.1) is 24.2 Å². The highest BCUT2D eigenvalue weighted by Gasteiger charge is 2.51. The van der Waals surface area contributed by atoms with Crippen LogP contribution in [-0.4, -0.2) is 32.9 Å². The Kier molecular flexibility index (Phi) is 7.37. The number of hydrogen-bond acceptors (Lipinski definition) is 3. The Labute approximate surface area is 195 Å². The molecule has 0 spiro atoms. The molecule has 1 fully saturated rings. The lowest BCUT2D eigenvalue weighted by atomic mass is 9.88. The SMILES string of the molecule is C#C[C@H](C)[C@@H]1OC(C)(C)O[C@@H](CO[Si](c2ccccc2)(c2ccccc2)C(C)(C)C)[C@@H]1C. The summed E-state index contributed by atoms with van der Waals surface area (Å²) in [5.41, 5.74) is 0. The average Bonchev–Trinajstić information content (AvgIpc) is 2.76. The summed E-state index contributed by atoms with van der Waals surface area (Å²) < 4.78 is 19.8. The molecule has 0 aliphatic carbocycles. The van der Waals surface area contributed by atoms with Gasteiger partial charge in [0.25, 0.3) is 8.32 Å². The number of terminal acetylenes is 1. The van der Waals surface area contributed by atoms with Crippen molar-refractivity contribution >= 4 is 18.7 Å². The van der Waals surface area contributed by atoms with Crippen LogP contribution in [0.15, 0.2) is 60.7 Å². The predicted molar refractivity (Wildman–Crippen MR) is 135 cm³/mol. The summed E-state index contributed by atoms with van der Waals surface area (Å²) in [6, 6.07) is 21.4. The van der Waals surface area contributed by atoms with Crippen LogP contribution >= 0.6 is 0 Å². The molecule has 1 aliphatic rings. The molecule has 3 rings (SSSR count). The van der Waals surface area contributed by atoms with Crippen LogP contribution in [0.1, 0.15) is 48.5 Å². The van der Waals surface area contributed by atoms with Crippen molar-refractivity contribution in [3.05, 3.63) is 60.7 Å². The number of rotatable bonds is 6. The fourth-order valence-electron chi connectivity index (χ4n) is 4.95. The maximum atomic E-state index is 7.14. The molecule has 2 aromatic rings. The molecule has 4 heteroatoms. The lowest BCUT2D eigenvalue weighted by Crippen LogP contribution is -2.67. The van der Waals surface area contributed by atoms with Crippen LogP contribution in [0.5, 0.6) is 0 Å². The molecule has 4 atom stereocenters. The van der Waals surface area contributed by atoms with Gasteiger partial charge in [-0.1, -0.05) is 88.4 Å². The molecule has 0 N–H and O–H groups in total. The fourth-order valence-corrected chi connectivity index (χ4v) is 9.52. The smallest absolute Gasteiger partial charge is 0.261 e. The summed E-state index contributed by atoms with van der Waals surface area (Å²) in [6.45, 7) is 15.5. The van der Waals surface area contributed by atoms with Crippen molar-refractivity contribution < 1.29 is 13.9 Å². The van der Waals surface area contributed by atoms with Crippen molar-refractivity contribution in [3.63, 3.8) is 0 Å². The first-order valence-electron chi connectivity index (χ1n) is 11.6. The van der Waals surface area contributed by atoms with E-state index in [0.29, 0.717) is 6.61 Å². The minimum atomic E-state index is -2.63. The van der Waals surface area contributed by atoms with Crippen molar-refractivity contribution in [1.29, 1.82) is 0 Å². The minimum Gasteiger partial charge on any atom is -0.405 e. The van der Waals surface area contributed by atoms with Gasteiger partial charge >= 0.3 is 0 Å². The molecular weight excluding hydrogens is 412 g/mol. The molecule has 0 saturated carbocycles. The Morgan fingerprint density at radius 1 is 1.00 bits per heavy atom. The maximum Gasteiger partial charge on any atom is 0.261 e. The van der Waals surface area contributed by atoms with Gasteiger partial charge in [0, 0.05) is 11.8 Å². The zero-order valence-electron chi connectivity index (χ0n) is 20.6. The molecule has 0 bridgehead atoms. The molecule has 0 radical (unpaired) electrons. The fraction of sp³-hybridized carbons (Fsp3) is 0.500. The third-order valence-electron chi connectivity index (χ3n) is 6.60. The van der Waals surface area contributed by atoms with Gasteiger partial charge in [0.05, 0.1) is 18.8 Å². The second-order valence-corrected chi connectivity index (χ2v) is 14.7. The van der Waals surface area contributed by atoms with Crippen molar-refractivity contribution in [2.45, 2.75) is 71.5 Å². The van der Waals surface area contributed by atoms with Crippen LogP contribution in [0.4, 0.5) is 0 Å². The van der Waals surface area contributed by atoms with Gasteiger partial charge < -0.3 is 13.9 Å². The zero-order chi connectivity index (χ0) is 23.6. The average molecular weight is 451 g/mol. The molecule has 0 amide bonds. The molecule has 1 saturated heterocycles. The first-order chi connectivity index (χ1) is 15.0. The van der Waals surface area contributed by atoms with Crippen molar-refractivity contribution in [2.24, 2.45) is 11.8 Å². The van der Waals surface area contributed by atoms with Crippen molar-refractivity contribution in [3.8, 4) is 12.3 Å². The summed E-state index contributed by atoms with van der Waals surface area (Å²) in [6.07, 6.45) is 5.57. The zero-order valence-corrected chi connectivity index (χ0v) is 21.6. The second kappa shape index (κ2) is 9.53. The van der Waals surface area contributed by atoms with Gasteiger partial charge in [0.1, 0.15) is 0 Å². The monoisotopic (exact) mass is 450 g/mol. The molecule has 0 aromatic heterocycles. The van der Waals surface area contributed by atoms with Crippen LogP contribution in [0.3, 0.4) is 0 Å². The van der Waals surface area contributed by atoms with E-state index in [1.807, 2.05) is 20.8 Å². The lowest BCUT2D eigenvalue weighted by molar-refractivity contribution is -0.327. The summed E-state index contributed by atoms with van der Waals surface area (Å²) in [7, 11) is -2.63. The molecule has 172 valence electrons. The second-order valence-electron chi connectivity index (χ2n) is 10.4. The van der Waals surface area contributed by atoms with E-state index < -0.39 is 14.1 Å². The van der Waals surface area contributed by atoms with Crippen LogP contribution in [0.25, 0.3) is 0 Å². The Balaban J connectivity index is 2.02. The summed E-state index contributed by atoms with van der Waals surface area (Å²) in [4.78, 5) is 0. The lowest BCUT2D eigenvalue weighted by Gasteiger charge is -2.48. The van der Waals surface area contributed by atoms with E-state index >= 15 is 0 Å². The third kappa shape index (κ3) is 4.87. The predicted octanol–water partition coefficient (Wildman–Crippen LogP) is 4.99. The highest BCUT2D eigenvalue weighted by Crippen LogP contribution is 2.39. The van der Waals surface area contributed by atoms with Gasteiger partial charge in [-0.2, -0.15) is 0 Å². The van der Waals surface area contributed by atoms with E-state index in [4.69, 9.17) is 20.3 Å². The van der Waals surface area contributed by atoms with Gasteiger partial charge in [0.15, 0.2) is 5.79 Å². The molecule has 32 heavy (non-hydrogen) atoms. The van der Waals surface area contributed by atoms with Gasteiger partial charge in [0.2, 0.25) is 0 Å². The standard InChI is InChI=1S/C28H38O3Si/c1-9-21(2)26-22(3)25(30-28(7,8)31-26)20-29-32(27(4,5)6,23-16-12-10-13-17-23)24-18-14-11-15-19-24/h1,10-19,21-22,25-26H,20H2,2-8H3/t21-,22-,25-,26-/m0/s1. The van der Waals surface area contributed by atoms with Crippen LogP contribution in [0.2, 0.25) is 5.04 Å². The van der Waals surface area contributed by atoms with E-state index in [9.17, 15) is 0 Å².